The lowest BCUT2D eigenvalue weighted by atomic mass is 9.86. The maximum absolute atomic E-state index is 12.3. The van der Waals surface area contributed by atoms with Crippen LogP contribution in [0.3, 0.4) is 0 Å². The fourth-order valence-electron chi connectivity index (χ4n) is 3.18. The Morgan fingerprint density at radius 3 is 2.79 bits per heavy atom. The van der Waals surface area contributed by atoms with Crippen LogP contribution in [0.5, 0.6) is 0 Å². The predicted molar refractivity (Wildman–Crippen MR) is 96.1 cm³/mol. The van der Waals surface area contributed by atoms with Gasteiger partial charge >= 0.3 is 0 Å². The summed E-state index contributed by atoms with van der Waals surface area (Å²) in [5.74, 6) is 0.357. The van der Waals surface area contributed by atoms with E-state index >= 15 is 0 Å². The van der Waals surface area contributed by atoms with E-state index in [0.717, 1.165) is 29.8 Å². The van der Waals surface area contributed by atoms with Gasteiger partial charge in [-0.25, -0.2) is 4.68 Å². The Morgan fingerprint density at radius 1 is 1.29 bits per heavy atom. The maximum atomic E-state index is 12.3. The first kappa shape index (κ1) is 16.9. The van der Waals surface area contributed by atoms with Gasteiger partial charge in [-0.1, -0.05) is 19.8 Å². The Hall–Kier alpha value is -1.95. The number of carbonyl (C=O) groups excluding carboxylic acids is 1. The molecule has 0 spiro atoms. The first-order valence-electron chi connectivity index (χ1n) is 8.47. The topological polar surface area (TPSA) is 64.0 Å². The minimum Gasteiger partial charge on any atom is -0.351 e. The van der Waals surface area contributed by atoms with Crippen LogP contribution in [0.2, 0.25) is 0 Å². The second-order valence-electron chi connectivity index (χ2n) is 6.56. The summed E-state index contributed by atoms with van der Waals surface area (Å²) in [5.41, 5.74) is 0.477. The van der Waals surface area contributed by atoms with Gasteiger partial charge in [0.15, 0.2) is 0 Å². The number of hydrogen-bond donors (Lipinski definition) is 1. The fraction of sp³-hybridized carbons (Fsp3) is 0.500. The molecule has 2 aromatic rings. The van der Waals surface area contributed by atoms with E-state index in [1.807, 2.05) is 19.1 Å². The van der Waals surface area contributed by atoms with Crippen LogP contribution in [0.1, 0.15) is 37.5 Å². The first-order chi connectivity index (χ1) is 11.5. The number of thiophene rings is 1. The van der Waals surface area contributed by atoms with Gasteiger partial charge in [-0.3, -0.25) is 9.59 Å². The number of rotatable bonds is 4. The van der Waals surface area contributed by atoms with Crippen molar-refractivity contribution in [2.45, 2.75) is 52.1 Å². The molecular formula is C18H23N3O2S. The summed E-state index contributed by atoms with van der Waals surface area (Å²) in [5, 5.41) is 7.43. The Kier molecular flexibility index (Phi) is 5.14. The van der Waals surface area contributed by atoms with Gasteiger partial charge in [0.25, 0.3) is 5.56 Å². The molecule has 0 aliphatic heterocycles. The third-order valence-electron chi connectivity index (χ3n) is 4.61. The predicted octanol–water partition coefficient (Wildman–Crippen LogP) is 2.98. The highest BCUT2D eigenvalue weighted by Crippen LogP contribution is 2.25. The average Bonchev–Trinajstić information content (AvgIpc) is 2.98. The van der Waals surface area contributed by atoms with E-state index in [1.165, 1.54) is 22.0 Å². The molecule has 0 radical (unpaired) electrons. The highest BCUT2D eigenvalue weighted by molar-refractivity contribution is 7.15. The first-order valence-corrected chi connectivity index (χ1v) is 9.29. The van der Waals surface area contributed by atoms with Gasteiger partial charge in [-0.05, 0) is 43.9 Å². The molecule has 1 saturated carbocycles. The summed E-state index contributed by atoms with van der Waals surface area (Å²) < 4.78 is 1.26. The summed E-state index contributed by atoms with van der Waals surface area (Å²) in [4.78, 5) is 26.5. The van der Waals surface area contributed by atoms with Gasteiger partial charge < -0.3 is 5.32 Å². The fourth-order valence-corrected chi connectivity index (χ4v) is 4.02. The van der Waals surface area contributed by atoms with Crippen molar-refractivity contribution in [3.63, 3.8) is 0 Å². The lowest BCUT2D eigenvalue weighted by molar-refractivity contribution is -0.123. The summed E-state index contributed by atoms with van der Waals surface area (Å²) >= 11 is 1.62. The van der Waals surface area contributed by atoms with Crippen molar-refractivity contribution in [2.24, 2.45) is 5.92 Å². The zero-order valence-electron chi connectivity index (χ0n) is 14.1. The van der Waals surface area contributed by atoms with Crippen LogP contribution in [0.4, 0.5) is 0 Å². The van der Waals surface area contributed by atoms with Crippen LogP contribution in [0.25, 0.3) is 10.6 Å². The third-order valence-corrected chi connectivity index (χ3v) is 5.63. The van der Waals surface area contributed by atoms with E-state index in [1.54, 1.807) is 17.4 Å². The van der Waals surface area contributed by atoms with Gasteiger partial charge in [-0.2, -0.15) is 5.10 Å². The second kappa shape index (κ2) is 7.30. The Labute approximate surface area is 145 Å². The molecule has 1 aliphatic carbocycles. The van der Waals surface area contributed by atoms with Gasteiger partial charge in [0, 0.05) is 17.0 Å². The largest absolute Gasteiger partial charge is 0.351 e. The molecule has 6 heteroatoms. The van der Waals surface area contributed by atoms with E-state index in [-0.39, 0.29) is 24.1 Å². The third kappa shape index (κ3) is 3.93. The van der Waals surface area contributed by atoms with Gasteiger partial charge in [0.05, 0.1) is 4.88 Å². The van der Waals surface area contributed by atoms with Crippen molar-refractivity contribution in [1.29, 1.82) is 0 Å². The molecule has 128 valence electrons. The maximum Gasteiger partial charge on any atom is 0.267 e. The molecule has 3 rings (SSSR count). The normalized spacial score (nSPS) is 20.8. The lowest BCUT2D eigenvalue weighted by Crippen LogP contribution is -2.43. The molecule has 0 aromatic carbocycles. The van der Waals surface area contributed by atoms with Crippen molar-refractivity contribution >= 4 is 17.2 Å². The zero-order valence-corrected chi connectivity index (χ0v) is 14.9. The standard InChI is InChI=1S/C18H23N3O2S/c1-12-5-3-4-6-14(12)19-17(22)11-21-18(23)10-8-15(20-21)16-9-7-13(2)24-16/h7-10,12,14H,3-6,11H2,1-2H3,(H,19,22)/t12-,14-/m1/s1. The number of nitrogens with one attached hydrogen (secondary N) is 1. The van der Waals surface area contributed by atoms with Crippen LogP contribution in [0, 0.1) is 12.8 Å². The second-order valence-corrected chi connectivity index (χ2v) is 7.85. The molecule has 0 unspecified atom stereocenters. The minimum atomic E-state index is -0.251. The molecule has 2 atom stereocenters. The molecule has 0 saturated heterocycles. The van der Waals surface area contributed by atoms with E-state index in [9.17, 15) is 9.59 Å². The highest BCUT2D eigenvalue weighted by Gasteiger charge is 2.23. The monoisotopic (exact) mass is 345 g/mol. The molecule has 0 bridgehead atoms. The van der Waals surface area contributed by atoms with Gasteiger partial charge in [0.2, 0.25) is 5.91 Å². The summed E-state index contributed by atoms with van der Waals surface area (Å²) in [6, 6.07) is 7.42. The minimum absolute atomic E-state index is 0.0275. The number of carbonyl (C=O) groups is 1. The van der Waals surface area contributed by atoms with Crippen LogP contribution in [-0.4, -0.2) is 21.7 Å². The van der Waals surface area contributed by atoms with Crippen molar-refractivity contribution in [3.05, 3.63) is 39.5 Å². The molecule has 1 N–H and O–H groups in total. The summed E-state index contributed by atoms with van der Waals surface area (Å²) in [7, 11) is 0. The van der Waals surface area contributed by atoms with Crippen LogP contribution < -0.4 is 10.9 Å². The number of nitrogens with zero attached hydrogens (tertiary/aromatic N) is 2. The van der Waals surface area contributed by atoms with E-state index < -0.39 is 0 Å². The Bertz CT molecular complexity index is 781. The van der Waals surface area contributed by atoms with Crippen molar-refractivity contribution in [3.8, 4) is 10.6 Å². The molecule has 2 heterocycles. The van der Waals surface area contributed by atoms with Crippen LogP contribution in [0.15, 0.2) is 29.1 Å². The van der Waals surface area contributed by atoms with Crippen LogP contribution >= 0.6 is 11.3 Å². The van der Waals surface area contributed by atoms with Crippen molar-refractivity contribution in [2.75, 3.05) is 0 Å². The van der Waals surface area contributed by atoms with E-state index in [4.69, 9.17) is 0 Å². The molecule has 2 aromatic heterocycles. The Balaban J connectivity index is 1.72. The number of aryl methyl sites for hydroxylation is 1. The molecule has 1 amide bonds. The molecule has 1 aliphatic rings. The highest BCUT2D eigenvalue weighted by atomic mass is 32.1. The summed E-state index contributed by atoms with van der Waals surface area (Å²) in [6.45, 7) is 4.18. The molecule has 5 nitrogen and oxygen atoms in total. The SMILES string of the molecule is Cc1ccc(-c2ccc(=O)n(CC(=O)N[C@@H]3CCCC[C@H]3C)n2)s1. The van der Waals surface area contributed by atoms with E-state index in [0.29, 0.717) is 5.92 Å². The van der Waals surface area contributed by atoms with E-state index in [2.05, 4.69) is 17.3 Å². The summed E-state index contributed by atoms with van der Waals surface area (Å²) in [6.07, 6.45) is 4.55. The Morgan fingerprint density at radius 2 is 2.08 bits per heavy atom. The number of aromatic nitrogens is 2. The van der Waals surface area contributed by atoms with Gasteiger partial charge in [-0.15, -0.1) is 11.3 Å². The van der Waals surface area contributed by atoms with Crippen molar-refractivity contribution in [1.82, 2.24) is 15.1 Å². The number of amides is 1. The molecule has 24 heavy (non-hydrogen) atoms. The average molecular weight is 345 g/mol. The van der Waals surface area contributed by atoms with Gasteiger partial charge in [0.1, 0.15) is 12.2 Å². The van der Waals surface area contributed by atoms with Crippen LogP contribution in [-0.2, 0) is 11.3 Å². The lowest BCUT2D eigenvalue weighted by Gasteiger charge is -2.29. The molecule has 1 fully saturated rings. The van der Waals surface area contributed by atoms with Crippen molar-refractivity contribution < 1.29 is 4.79 Å². The zero-order chi connectivity index (χ0) is 17.1. The molecular weight excluding hydrogens is 322 g/mol. The number of hydrogen-bond acceptors (Lipinski definition) is 4. The smallest absolute Gasteiger partial charge is 0.267 e. The quantitative estimate of drug-likeness (QED) is 0.926.